The van der Waals surface area contributed by atoms with E-state index in [0.29, 0.717) is 12.2 Å². The Hall–Kier alpha value is -3.12. The second kappa shape index (κ2) is 10.6. The number of thiol groups is 1. The van der Waals surface area contributed by atoms with Crippen LogP contribution in [0.15, 0.2) is 79.0 Å². The highest BCUT2D eigenvalue weighted by atomic mass is 32.1. The molecule has 2 N–H and O–H groups in total. The predicted octanol–water partition coefficient (Wildman–Crippen LogP) is 3.65. The second-order valence-corrected chi connectivity index (χ2v) is 7.45. The van der Waals surface area contributed by atoms with Crippen LogP contribution >= 0.6 is 12.6 Å². The van der Waals surface area contributed by atoms with Gasteiger partial charge in [-0.05, 0) is 29.7 Å². The molecule has 154 valence electrons. The van der Waals surface area contributed by atoms with E-state index < -0.39 is 17.9 Å². The molecule has 0 spiro atoms. The Morgan fingerprint density at radius 3 is 2.17 bits per heavy atom. The Morgan fingerprint density at radius 1 is 0.900 bits per heavy atom. The number of pyridine rings is 1. The summed E-state index contributed by atoms with van der Waals surface area (Å²) in [5, 5.41) is 12.3. The Morgan fingerprint density at radius 2 is 1.57 bits per heavy atom. The monoisotopic (exact) mass is 420 g/mol. The predicted molar refractivity (Wildman–Crippen MR) is 120 cm³/mol. The average Bonchev–Trinajstić information content (AvgIpc) is 2.78. The molecule has 1 unspecified atom stereocenters. The normalized spacial score (nSPS) is 12.7. The van der Waals surface area contributed by atoms with Gasteiger partial charge < -0.3 is 10.4 Å². The van der Waals surface area contributed by atoms with Crippen LogP contribution in [0, 0.1) is 5.92 Å². The fraction of sp³-hybridized carbons (Fsp3) is 0.208. The van der Waals surface area contributed by atoms with Gasteiger partial charge in [0.1, 0.15) is 6.04 Å². The number of hydrogen-bond donors (Lipinski definition) is 3. The van der Waals surface area contributed by atoms with Crippen LogP contribution in [-0.2, 0) is 22.4 Å². The Labute approximate surface area is 181 Å². The van der Waals surface area contributed by atoms with Crippen LogP contribution in [0.4, 0.5) is 0 Å². The lowest BCUT2D eigenvalue weighted by Gasteiger charge is -2.19. The number of carboxylic acids is 1. The zero-order valence-electron chi connectivity index (χ0n) is 16.4. The van der Waals surface area contributed by atoms with Crippen molar-refractivity contribution in [3.63, 3.8) is 0 Å². The molecule has 3 aromatic rings. The van der Waals surface area contributed by atoms with Crippen molar-refractivity contribution >= 4 is 24.5 Å². The highest BCUT2D eigenvalue weighted by Gasteiger charge is 2.25. The van der Waals surface area contributed by atoms with Crippen molar-refractivity contribution in [2.24, 2.45) is 5.92 Å². The number of amides is 1. The van der Waals surface area contributed by atoms with Crippen molar-refractivity contribution in [2.75, 3.05) is 5.75 Å². The van der Waals surface area contributed by atoms with Gasteiger partial charge in [0.15, 0.2) is 0 Å². The lowest BCUT2D eigenvalue weighted by molar-refractivity contribution is -0.142. The summed E-state index contributed by atoms with van der Waals surface area (Å²) in [7, 11) is 0. The third-order valence-electron chi connectivity index (χ3n) is 4.89. The molecular weight excluding hydrogens is 396 g/mol. The summed E-state index contributed by atoms with van der Waals surface area (Å²) in [4.78, 5) is 28.8. The summed E-state index contributed by atoms with van der Waals surface area (Å²) in [5.74, 6) is -1.42. The van der Waals surface area contributed by atoms with Gasteiger partial charge in [-0.2, -0.15) is 12.6 Å². The molecule has 0 aliphatic carbocycles. The van der Waals surface area contributed by atoms with E-state index in [-0.39, 0.29) is 12.3 Å². The first-order chi connectivity index (χ1) is 14.6. The summed E-state index contributed by atoms with van der Waals surface area (Å²) in [6.45, 7) is 0. The quantitative estimate of drug-likeness (QED) is 0.462. The number of aliphatic carboxylic acids is 1. The molecule has 0 bridgehead atoms. The van der Waals surface area contributed by atoms with E-state index in [9.17, 15) is 14.7 Å². The maximum absolute atomic E-state index is 12.7. The smallest absolute Gasteiger partial charge is 0.326 e. The number of carbonyl (C=O) groups excluding carboxylic acids is 1. The number of carboxylic acid groups (broad SMARTS) is 1. The standard InChI is InChI=1S/C24H24N2O3S/c27-23(20(16-30)14-17-6-2-1-3-7-17)26-22(24(28)29)15-18-9-11-19(12-10-18)21-8-4-5-13-25-21/h1-13,20,22,30H,14-16H2,(H,26,27)(H,28,29)/t20?,22-/m0/s1. The van der Waals surface area contributed by atoms with Gasteiger partial charge in [-0.1, -0.05) is 60.7 Å². The van der Waals surface area contributed by atoms with Crippen LogP contribution in [0.3, 0.4) is 0 Å². The van der Waals surface area contributed by atoms with Gasteiger partial charge in [0, 0.05) is 23.9 Å². The van der Waals surface area contributed by atoms with Crippen LogP contribution in [0.1, 0.15) is 11.1 Å². The number of nitrogens with zero attached hydrogens (tertiary/aromatic N) is 1. The molecule has 2 atom stereocenters. The molecule has 6 heteroatoms. The molecule has 1 amide bonds. The highest BCUT2D eigenvalue weighted by molar-refractivity contribution is 7.80. The SMILES string of the molecule is O=C(N[C@@H](Cc1ccc(-c2ccccn2)cc1)C(=O)O)C(CS)Cc1ccccc1. The van der Waals surface area contributed by atoms with E-state index in [0.717, 1.165) is 22.4 Å². The first-order valence-electron chi connectivity index (χ1n) is 9.75. The summed E-state index contributed by atoms with van der Waals surface area (Å²) in [5.41, 5.74) is 3.65. The minimum absolute atomic E-state index is 0.203. The van der Waals surface area contributed by atoms with Crippen molar-refractivity contribution < 1.29 is 14.7 Å². The highest BCUT2D eigenvalue weighted by Crippen LogP contribution is 2.18. The second-order valence-electron chi connectivity index (χ2n) is 7.08. The molecule has 2 aromatic carbocycles. The molecule has 0 fully saturated rings. The molecular formula is C24H24N2O3S. The van der Waals surface area contributed by atoms with Crippen LogP contribution in [0.25, 0.3) is 11.3 Å². The molecule has 1 aromatic heterocycles. The molecule has 0 saturated carbocycles. The third kappa shape index (κ3) is 5.94. The summed E-state index contributed by atoms with van der Waals surface area (Å²) in [6.07, 6.45) is 2.45. The first kappa shape index (κ1) is 21.6. The molecule has 0 aliphatic rings. The molecule has 3 rings (SSSR count). The Bertz CT molecular complexity index is 963. The molecule has 5 nitrogen and oxygen atoms in total. The minimum Gasteiger partial charge on any atom is -0.480 e. The van der Waals surface area contributed by atoms with E-state index in [2.05, 4.69) is 22.9 Å². The first-order valence-corrected chi connectivity index (χ1v) is 10.4. The number of benzene rings is 2. The van der Waals surface area contributed by atoms with Crippen LogP contribution in [0.5, 0.6) is 0 Å². The largest absolute Gasteiger partial charge is 0.480 e. The van der Waals surface area contributed by atoms with E-state index in [1.54, 1.807) is 6.20 Å². The number of nitrogens with one attached hydrogen (secondary N) is 1. The average molecular weight is 421 g/mol. The number of carbonyl (C=O) groups is 2. The fourth-order valence-corrected chi connectivity index (χ4v) is 3.50. The van der Waals surface area contributed by atoms with Gasteiger partial charge in [-0.25, -0.2) is 4.79 Å². The fourth-order valence-electron chi connectivity index (χ4n) is 3.21. The molecule has 1 heterocycles. The van der Waals surface area contributed by atoms with E-state index in [1.165, 1.54) is 0 Å². The molecule has 0 saturated heterocycles. The zero-order valence-corrected chi connectivity index (χ0v) is 17.3. The van der Waals surface area contributed by atoms with Gasteiger partial charge >= 0.3 is 5.97 Å². The van der Waals surface area contributed by atoms with Crippen molar-refractivity contribution in [3.05, 3.63) is 90.1 Å². The molecule has 30 heavy (non-hydrogen) atoms. The topological polar surface area (TPSA) is 79.3 Å². The van der Waals surface area contributed by atoms with Crippen LogP contribution in [-0.4, -0.2) is 33.8 Å². The van der Waals surface area contributed by atoms with Gasteiger partial charge in [-0.15, -0.1) is 0 Å². The molecule has 0 aliphatic heterocycles. The van der Waals surface area contributed by atoms with E-state index in [1.807, 2.05) is 72.8 Å². The van der Waals surface area contributed by atoms with Crippen LogP contribution < -0.4 is 5.32 Å². The van der Waals surface area contributed by atoms with E-state index in [4.69, 9.17) is 0 Å². The van der Waals surface area contributed by atoms with Crippen LogP contribution in [0.2, 0.25) is 0 Å². The van der Waals surface area contributed by atoms with Crippen molar-refractivity contribution in [2.45, 2.75) is 18.9 Å². The summed E-state index contributed by atoms with van der Waals surface area (Å²) in [6, 6.07) is 21.9. The van der Waals surface area contributed by atoms with Crippen molar-refractivity contribution in [3.8, 4) is 11.3 Å². The number of hydrogen-bond acceptors (Lipinski definition) is 4. The van der Waals surface area contributed by atoms with Crippen molar-refractivity contribution in [1.29, 1.82) is 0 Å². The lowest BCUT2D eigenvalue weighted by Crippen LogP contribution is -2.45. The Balaban J connectivity index is 1.65. The van der Waals surface area contributed by atoms with Gasteiger partial charge in [-0.3, -0.25) is 9.78 Å². The van der Waals surface area contributed by atoms with Gasteiger partial charge in [0.05, 0.1) is 11.6 Å². The lowest BCUT2D eigenvalue weighted by atomic mass is 9.98. The minimum atomic E-state index is -1.06. The maximum atomic E-state index is 12.7. The van der Waals surface area contributed by atoms with Gasteiger partial charge in [0.2, 0.25) is 5.91 Å². The number of aromatic nitrogens is 1. The Kier molecular flexibility index (Phi) is 7.63. The summed E-state index contributed by atoms with van der Waals surface area (Å²) >= 11 is 4.29. The third-order valence-corrected chi connectivity index (χ3v) is 5.33. The zero-order chi connectivity index (χ0) is 21.3. The van der Waals surface area contributed by atoms with Crippen molar-refractivity contribution in [1.82, 2.24) is 10.3 Å². The molecule has 0 radical (unpaired) electrons. The summed E-state index contributed by atoms with van der Waals surface area (Å²) < 4.78 is 0. The van der Waals surface area contributed by atoms with E-state index >= 15 is 0 Å². The maximum Gasteiger partial charge on any atom is 0.326 e. The number of rotatable bonds is 9. The van der Waals surface area contributed by atoms with Gasteiger partial charge in [0.25, 0.3) is 0 Å².